The average Bonchev–Trinajstić information content (AvgIpc) is 2.68. The third kappa shape index (κ3) is 5.71. The Morgan fingerprint density at radius 2 is 1.76 bits per heavy atom. The predicted octanol–water partition coefficient (Wildman–Crippen LogP) is 2.80. The Morgan fingerprint density at radius 3 is 2.41 bits per heavy atom. The number of carbonyl (C=O) groups excluding carboxylic acids is 2. The van der Waals surface area contributed by atoms with Crippen molar-refractivity contribution in [2.45, 2.75) is 20.0 Å². The first-order valence-corrected chi connectivity index (χ1v) is 9.81. The summed E-state index contributed by atoms with van der Waals surface area (Å²) in [5.41, 5.74) is 2.51. The van der Waals surface area contributed by atoms with Gasteiger partial charge in [0.25, 0.3) is 0 Å². The molecule has 0 aliphatic carbocycles. The summed E-state index contributed by atoms with van der Waals surface area (Å²) in [5.74, 6) is 0.670. The molecule has 1 heterocycles. The lowest BCUT2D eigenvalue weighted by molar-refractivity contribution is -0.117. The normalized spacial score (nSPS) is 15.4. The summed E-state index contributed by atoms with van der Waals surface area (Å²) in [6.45, 7) is 6.22. The van der Waals surface area contributed by atoms with Gasteiger partial charge in [-0.05, 0) is 50.4 Å². The number of para-hydroxylation sites is 2. The average molecular weight is 396 g/mol. The minimum Gasteiger partial charge on any atom is -0.485 e. The molecule has 2 N–H and O–H groups in total. The van der Waals surface area contributed by atoms with Crippen molar-refractivity contribution in [3.63, 3.8) is 0 Å². The summed E-state index contributed by atoms with van der Waals surface area (Å²) in [5, 5.41) is 5.58. The summed E-state index contributed by atoms with van der Waals surface area (Å²) in [6, 6.07) is 15.1. The maximum Gasteiger partial charge on any atom is 0.238 e. The number of hydrogen-bond acceptors (Lipinski definition) is 5. The molecule has 1 aliphatic rings. The van der Waals surface area contributed by atoms with E-state index in [1.54, 1.807) is 24.3 Å². The fraction of sp³-hybridized carbons (Fsp3) is 0.364. The molecule has 0 saturated carbocycles. The summed E-state index contributed by atoms with van der Waals surface area (Å²) >= 11 is 0. The van der Waals surface area contributed by atoms with Crippen molar-refractivity contribution in [1.29, 1.82) is 0 Å². The molecule has 0 fully saturated rings. The topological polar surface area (TPSA) is 73.9 Å². The van der Waals surface area contributed by atoms with Crippen LogP contribution in [0, 0.1) is 0 Å². The van der Waals surface area contributed by atoms with Crippen molar-refractivity contribution < 1.29 is 14.3 Å². The maximum absolute atomic E-state index is 12.4. The Morgan fingerprint density at radius 1 is 1.10 bits per heavy atom. The SMILES string of the molecule is CCN1CC(CN(C)CC(=O)Nc2ccc(NC(C)=O)cc2)Oc2ccccc21. The molecular formula is C22H28N4O3. The predicted molar refractivity (Wildman–Crippen MR) is 116 cm³/mol. The zero-order valence-electron chi connectivity index (χ0n) is 17.1. The number of rotatable bonds is 7. The van der Waals surface area contributed by atoms with E-state index >= 15 is 0 Å². The Balaban J connectivity index is 1.51. The highest BCUT2D eigenvalue weighted by molar-refractivity contribution is 5.93. The first kappa shape index (κ1) is 20.7. The van der Waals surface area contributed by atoms with Crippen LogP contribution >= 0.6 is 0 Å². The quantitative estimate of drug-likeness (QED) is 0.753. The van der Waals surface area contributed by atoms with E-state index in [-0.39, 0.29) is 24.5 Å². The van der Waals surface area contributed by atoms with Gasteiger partial charge in [0.05, 0.1) is 18.8 Å². The highest BCUT2D eigenvalue weighted by Crippen LogP contribution is 2.32. The van der Waals surface area contributed by atoms with Crippen molar-refractivity contribution >= 4 is 28.9 Å². The zero-order chi connectivity index (χ0) is 20.8. The maximum atomic E-state index is 12.4. The Labute approximate surface area is 171 Å². The van der Waals surface area contributed by atoms with Crippen molar-refractivity contribution in [3.8, 4) is 5.75 Å². The second-order valence-electron chi connectivity index (χ2n) is 7.25. The minimum absolute atomic E-state index is 0.000381. The van der Waals surface area contributed by atoms with Crippen LogP contribution in [0.25, 0.3) is 0 Å². The van der Waals surface area contributed by atoms with Crippen LogP contribution in [0.3, 0.4) is 0 Å². The lowest BCUT2D eigenvalue weighted by atomic mass is 10.2. The number of hydrogen-bond donors (Lipinski definition) is 2. The minimum atomic E-state index is -0.127. The van der Waals surface area contributed by atoms with Gasteiger partial charge in [0.2, 0.25) is 11.8 Å². The third-order valence-electron chi connectivity index (χ3n) is 4.72. The number of nitrogens with zero attached hydrogens (tertiary/aromatic N) is 2. The Kier molecular flexibility index (Phi) is 6.72. The summed E-state index contributed by atoms with van der Waals surface area (Å²) in [4.78, 5) is 27.7. The number of anilines is 3. The van der Waals surface area contributed by atoms with E-state index in [2.05, 4.69) is 28.5 Å². The number of benzene rings is 2. The number of likely N-dealkylation sites (N-methyl/N-ethyl adjacent to an activating group) is 2. The Bertz CT molecular complexity index is 853. The molecule has 29 heavy (non-hydrogen) atoms. The molecule has 3 rings (SSSR count). The van der Waals surface area contributed by atoms with Crippen molar-refractivity contribution in [2.24, 2.45) is 0 Å². The standard InChI is InChI=1S/C22H28N4O3/c1-4-26-14-19(29-21-8-6-5-7-20(21)26)13-25(3)15-22(28)24-18-11-9-17(10-12-18)23-16(2)27/h5-12,19H,4,13-15H2,1-3H3,(H,23,27)(H,24,28). The van der Waals surface area contributed by atoms with Gasteiger partial charge in [-0.2, -0.15) is 0 Å². The number of ether oxygens (including phenoxy) is 1. The molecule has 0 aromatic heterocycles. The summed E-state index contributed by atoms with van der Waals surface area (Å²) in [6.07, 6.45) is -0.000381. The number of fused-ring (bicyclic) bond motifs is 1. The molecule has 0 saturated heterocycles. The van der Waals surface area contributed by atoms with Crippen molar-refractivity contribution in [3.05, 3.63) is 48.5 Å². The van der Waals surface area contributed by atoms with Crippen LogP contribution in [-0.2, 0) is 9.59 Å². The van der Waals surface area contributed by atoms with Gasteiger partial charge in [0.1, 0.15) is 11.9 Å². The molecule has 2 aromatic rings. The van der Waals surface area contributed by atoms with E-state index in [9.17, 15) is 9.59 Å². The lowest BCUT2D eigenvalue weighted by Crippen LogP contribution is -2.46. The number of nitrogens with one attached hydrogen (secondary N) is 2. The van der Waals surface area contributed by atoms with Crippen molar-refractivity contribution in [1.82, 2.24) is 4.90 Å². The van der Waals surface area contributed by atoms with Gasteiger partial charge in [0.15, 0.2) is 0 Å². The molecule has 0 bridgehead atoms. The van der Waals surface area contributed by atoms with E-state index in [0.717, 1.165) is 24.5 Å². The van der Waals surface area contributed by atoms with Crippen LogP contribution < -0.4 is 20.3 Å². The van der Waals surface area contributed by atoms with E-state index in [1.807, 2.05) is 30.1 Å². The van der Waals surface area contributed by atoms with Crippen LogP contribution in [0.1, 0.15) is 13.8 Å². The van der Waals surface area contributed by atoms with Gasteiger partial charge in [-0.25, -0.2) is 0 Å². The van der Waals surface area contributed by atoms with Crippen LogP contribution in [0.5, 0.6) is 5.75 Å². The van der Waals surface area contributed by atoms with Crippen LogP contribution in [-0.4, -0.2) is 56.0 Å². The van der Waals surface area contributed by atoms with Crippen LogP contribution in [0.15, 0.2) is 48.5 Å². The molecule has 1 aliphatic heterocycles. The number of carbonyl (C=O) groups is 2. The van der Waals surface area contributed by atoms with Crippen molar-refractivity contribution in [2.75, 3.05) is 48.8 Å². The highest BCUT2D eigenvalue weighted by atomic mass is 16.5. The molecule has 1 atom stereocenters. The summed E-state index contributed by atoms with van der Waals surface area (Å²) < 4.78 is 6.13. The second-order valence-corrected chi connectivity index (χ2v) is 7.25. The van der Waals surface area contributed by atoms with E-state index in [4.69, 9.17) is 4.74 Å². The molecule has 2 amide bonds. The van der Waals surface area contributed by atoms with Gasteiger partial charge in [-0.1, -0.05) is 12.1 Å². The summed E-state index contributed by atoms with van der Waals surface area (Å²) in [7, 11) is 1.92. The zero-order valence-corrected chi connectivity index (χ0v) is 17.1. The van der Waals surface area contributed by atoms with E-state index < -0.39 is 0 Å². The first-order chi connectivity index (χ1) is 13.9. The molecule has 0 spiro atoms. The highest BCUT2D eigenvalue weighted by Gasteiger charge is 2.25. The van der Waals surface area contributed by atoms with Crippen LogP contribution in [0.4, 0.5) is 17.1 Å². The van der Waals surface area contributed by atoms with E-state index in [0.29, 0.717) is 17.9 Å². The molecule has 2 aromatic carbocycles. The molecule has 7 nitrogen and oxygen atoms in total. The molecule has 7 heteroatoms. The third-order valence-corrected chi connectivity index (χ3v) is 4.72. The molecular weight excluding hydrogens is 368 g/mol. The molecule has 1 unspecified atom stereocenters. The smallest absolute Gasteiger partial charge is 0.238 e. The molecule has 0 radical (unpaired) electrons. The van der Waals surface area contributed by atoms with Gasteiger partial charge in [0, 0.05) is 31.4 Å². The number of amides is 2. The van der Waals surface area contributed by atoms with Gasteiger partial charge in [-0.15, -0.1) is 0 Å². The van der Waals surface area contributed by atoms with Gasteiger partial charge < -0.3 is 20.3 Å². The largest absolute Gasteiger partial charge is 0.485 e. The second kappa shape index (κ2) is 9.43. The fourth-order valence-corrected chi connectivity index (χ4v) is 3.47. The Hall–Kier alpha value is -3.06. The lowest BCUT2D eigenvalue weighted by Gasteiger charge is -2.37. The fourth-order valence-electron chi connectivity index (χ4n) is 3.47. The first-order valence-electron chi connectivity index (χ1n) is 9.81. The molecule has 154 valence electrons. The van der Waals surface area contributed by atoms with Gasteiger partial charge >= 0.3 is 0 Å². The van der Waals surface area contributed by atoms with Gasteiger partial charge in [-0.3, -0.25) is 14.5 Å². The van der Waals surface area contributed by atoms with E-state index in [1.165, 1.54) is 6.92 Å². The monoisotopic (exact) mass is 396 g/mol. The van der Waals surface area contributed by atoms with Crippen LogP contribution in [0.2, 0.25) is 0 Å².